The molecule has 2 aromatic rings. The maximum atomic E-state index is 9.38. The van der Waals surface area contributed by atoms with E-state index in [1.54, 1.807) is 17.8 Å². The van der Waals surface area contributed by atoms with Crippen molar-refractivity contribution in [1.82, 2.24) is 15.0 Å². The van der Waals surface area contributed by atoms with Crippen molar-refractivity contribution in [2.75, 3.05) is 0 Å². The molecule has 1 N–H and O–H groups in total. The molecule has 0 spiro atoms. The van der Waals surface area contributed by atoms with Crippen LogP contribution in [0.4, 0.5) is 0 Å². The van der Waals surface area contributed by atoms with Gasteiger partial charge < -0.3 is 5.11 Å². The normalized spacial score (nSPS) is 12.7. The maximum Gasteiger partial charge on any atom is 0.0730 e. The van der Waals surface area contributed by atoms with Crippen LogP contribution in [0.3, 0.4) is 0 Å². The van der Waals surface area contributed by atoms with Gasteiger partial charge in [0.2, 0.25) is 0 Å². The van der Waals surface area contributed by atoms with Crippen molar-refractivity contribution in [1.29, 1.82) is 0 Å². The maximum absolute atomic E-state index is 9.38. The lowest BCUT2D eigenvalue weighted by molar-refractivity contribution is 0.193. The van der Waals surface area contributed by atoms with Gasteiger partial charge in [0.05, 0.1) is 23.7 Å². The minimum atomic E-state index is -0.387. The Morgan fingerprint density at radius 3 is 2.94 bits per heavy atom. The van der Waals surface area contributed by atoms with Crippen molar-refractivity contribution >= 4 is 0 Å². The van der Waals surface area contributed by atoms with Gasteiger partial charge in [0.1, 0.15) is 0 Å². The number of nitrogens with zero attached hydrogens (tertiary/aromatic N) is 3. The lowest BCUT2D eigenvalue weighted by Crippen LogP contribution is -2.10. The van der Waals surface area contributed by atoms with E-state index in [0.29, 0.717) is 6.42 Å². The summed E-state index contributed by atoms with van der Waals surface area (Å²) < 4.78 is 1.76. The quantitative estimate of drug-likeness (QED) is 0.847. The van der Waals surface area contributed by atoms with E-state index in [1.165, 1.54) is 5.56 Å². The summed E-state index contributed by atoms with van der Waals surface area (Å²) >= 11 is 0. The van der Waals surface area contributed by atoms with Gasteiger partial charge in [-0.3, -0.25) is 0 Å². The van der Waals surface area contributed by atoms with Gasteiger partial charge in [-0.1, -0.05) is 17.3 Å². The topological polar surface area (TPSA) is 50.9 Å². The highest BCUT2D eigenvalue weighted by Crippen LogP contribution is 2.12. The first kappa shape index (κ1) is 10.8. The van der Waals surface area contributed by atoms with Gasteiger partial charge in [-0.05, 0) is 31.5 Å². The van der Waals surface area contributed by atoms with Crippen LogP contribution in [-0.4, -0.2) is 26.2 Å². The van der Waals surface area contributed by atoms with Crippen molar-refractivity contribution in [3.8, 4) is 5.69 Å². The van der Waals surface area contributed by atoms with E-state index in [9.17, 15) is 5.11 Å². The monoisotopic (exact) mass is 217 g/mol. The molecule has 0 fully saturated rings. The second kappa shape index (κ2) is 4.45. The Kier molecular flexibility index (Phi) is 3.01. The van der Waals surface area contributed by atoms with E-state index < -0.39 is 0 Å². The zero-order chi connectivity index (χ0) is 11.5. The van der Waals surface area contributed by atoms with Crippen LogP contribution >= 0.6 is 0 Å². The zero-order valence-electron chi connectivity index (χ0n) is 9.46. The smallest absolute Gasteiger partial charge is 0.0730 e. The highest BCUT2D eigenvalue weighted by molar-refractivity contribution is 5.35. The molecule has 0 saturated carbocycles. The summed E-state index contributed by atoms with van der Waals surface area (Å²) in [4.78, 5) is 0. The molecule has 16 heavy (non-hydrogen) atoms. The number of aliphatic hydroxyl groups excluding tert-OH is 1. The van der Waals surface area contributed by atoms with E-state index in [2.05, 4.69) is 10.3 Å². The van der Waals surface area contributed by atoms with Crippen LogP contribution in [0.25, 0.3) is 5.69 Å². The summed E-state index contributed by atoms with van der Waals surface area (Å²) in [5, 5.41) is 17.3. The van der Waals surface area contributed by atoms with Crippen molar-refractivity contribution in [2.24, 2.45) is 0 Å². The Labute approximate surface area is 94.5 Å². The first-order chi connectivity index (χ1) is 7.66. The molecule has 84 valence electrons. The Morgan fingerprint density at radius 1 is 1.44 bits per heavy atom. The predicted octanol–water partition coefficient (Wildman–Crippen LogP) is 1.50. The summed E-state index contributed by atoms with van der Waals surface area (Å²) in [5.74, 6) is 0. The van der Waals surface area contributed by atoms with Crippen LogP contribution in [-0.2, 0) is 6.42 Å². The third-order valence-corrected chi connectivity index (χ3v) is 2.37. The van der Waals surface area contributed by atoms with E-state index in [1.807, 2.05) is 31.2 Å². The molecule has 0 bridgehead atoms. The van der Waals surface area contributed by atoms with Crippen molar-refractivity contribution < 1.29 is 5.11 Å². The SMILES string of the molecule is Cc1cccc(-n2nncc2CC(C)O)c1. The van der Waals surface area contributed by atoms with Crippen LogP contribution in [0.15, 0.2) is 30.5 Å². The minimum Gasteiger partial charge on any atom is -0.393 e. The van der Waals surface area contributed by atoms with Crippen LogP contribution < -0.4 is 0 Å². The van der Waals surface area contributed by atoms with Gasteiger partial charge in [-0.15, -0.1) is 5.10 Å². The largest absolute Gasteiger partial charge is 0.393 e. The van der Waals surface area contributed by atoms with E-state index in [-0.39, 0.29) is 6.10 Å². The molecule has 1 atom stereocenters. The molecule has 2 rings (SSSR count). The lowest BCUT2D eigenvalue weighted by Gasteiger charge is -2.08. The number of hydrogen-bond donors (Lipinski definition) is 1. The highest BCUT2D eigenvalue weighted by Gasteiger charge is 2.08. The summed E-state index contributed by atoms with van der Waals surface area (Å²) in [5.41, 5.74) is 3.07. The molecular formula is C12H15N3O. The summed E-state index contributed by atoms with van der Waals surface area (Å²) in [6.07, 6.45) is 1.86. The molecule has 0 saturated heterocycles. The number of benzene rings is 1. The average molecular weight is 217 g/mol. The zero-order valence-corrected chi connectivity index (χ0v) is 9.46. The number of aryl methyl sites for hydroxylation is 1. The molecule has 0 amide bonds. The fourth-order valence-electron chi connectivity index (χ4n) is 1.68. The second-order valence-corrected chi connectivity index (χ2v) is 4.03. The Morgan fingerprint density at radius 2 is 2.25 bits per heavy atom. The molecule has 0 aliphatic carbocycles. The predicted molar refractivity (Wildman–Crippen MR) is 61.5 cm³/mol. The number of aliphatic hydroxyl groups is 1. The molecule has 1 heterocycles. The van der Waals surface area contributed by atoms with Crippen molar-refractivity contribution in [3.05, 3.63) is 41.7 Å². The highest BCUT2D eigenvalue weighted by atomic mass is 16.3. The van der Waals surface area contributed by atoms with Gasteiger partial charge in [0, 0.05) is 6.42 Å². The van der Waals surface area contributed by atoms with Gasteiger partial charge in [0.15, 0.2) is 0 Å². The van der Waals surface area contributed by atoms with Crippen molar-refractivity contribution in [2.45, 2.75) is 26.4 Å². The summed E-state index contributed by atoms with van der Waals surface area (Å²) in [6.45, 7) is 3.79. The van der Waals surface area contributed by atoms with Crippen LogP contribution in [0.5, 0.6) is 0 Å². The molecule has 0 radical (unpaired) electrons. The van der Waals surface area contributed by atoms with E-state index >= 15 is 0 Å². The van der Waals surface area contributed by atoms with Crippen molar-refractivity contribution in [3.63, 3.8) is 0 Å². The molecular weight excluding hydrogens is 202 g/mol. The third kappa shape index (κ3) is 2.28. The number of aromatic nitrogens is 3. The Hall–Kier alpha value is -1.68. The summed E-state index contributed by atoms with van der Waals surface area (Å²) in [7, 11) is 0. The standard InChI is InChI=1S/C12H15N3O/c1-9-4-3-5-11(6-9)15-12(7-10(2)16)8-13-14-15/h3-6,8,10,16H,7H2,1-2H3. The minimum absolute atomic E-state index is 0.387. The number of rotatable bonds is 3. The second-order valence-electron chi connectivity index (χ2n) is 4.03. The fourth-order valence-corrected chi connectivity index (χ4v) is 1.68. The molecule has 1 unspecified atom stereocenters. The van der Waals surface area contributed by atoms with E-state index in [0.717, 1.165) is 11.4 Å². The third-order valence-electron chi connectivity index (χ3n) is 2.37. The average Bonchev–Trinajstić information content (AvgIpc) is 2.65. The Balaban J connectivity index is 2.37. The first-order valence-electron chi connectivity index (χ1n) is 5.31. The van der Waals surface area contributed by atoms with Crippen LogP contribution in [0, 0.1) is 6.92 Å². The fraction of sp³-hybridized carbons (Fsp3) is 0.333. The first-order valence-corrected chi connectivity index (χ1v) is 5.31. The van der Waals surface area contributed by atoms with Crippen LogP contribution in [0.1, 0.15) is 18.2 Å². The van der Waals surface area contributed by atoms with Crippen LogP contribution in [0.2, 0.25) is 0 Å². The molecule has 0 aliphatic rings. The van der Waals surface area contributed by atoms with Gasteiger partial charge in [-0.2, -0.15) is 0 Å². The lowest BCUT2D eigenvalue weighted by atomic mass is 10.2. The molecule has 1 aromatic carbocycles. The number of hydrogen-bond acceptors (Lipinski definition) is 3. The molecule has 4 heteroatoms. The van der Waals surface area contributed by atoms with Gasteiger partial charge >= 0.3 is 0 Å². The molecule has 4 nitrogen and oxygen atoms in total. The van der Waals surface area contributed by atoms with Gasteiger partial charge in [-0.25, -0.2) is 4.68 Å². The summed E-state index contributed by atoms with van der Waals surface area (Å²) in [6, 6.07) is 8.04. The molecule has 1 aromatic heterocycles. The molecule has 0 aliphatic heterocycles. The Bertz CT molecular complexity index is 477. The van der Waals surface area contributed by atoms with Gasteiger partial charge in [0.25, 0.3) is 0 Å². The van der Waals surface area contributed by atoms with E-state index in [4.69, 9.17) is 0 Å².